The number of rotatable bonds is 7. The second-order valence-corrected chi connectivity index (χ2v) is 5.32. The number of methoxy groups -OCH3 is 1. The molecule has 2 rings (SSSR count). The van der Waals surface area contributed by atoms with Crippen LogP contribution in [0.5, 0.6) is 0 Å². The number of allylic oxidation sites excluding steroid dienone is 1. The van der Waals surface area contributed by atoms with Crippen molar-refractivity contribution in [2.24, 2.45) is 0 Å². The minimum absolute atomic E-state index is 0.0455. The highest BCUT2D eigenvalue weighted by Gasteiger charge is 2.44. The zero-order valence-corrected chi connectivity index (χ0v) is 13.4. The van der Waals surface area contributed by atoms with E-state index in [2.05, 4.69) is 5.32 Å². The van der Waals surface area contributed by atoms with Crippen molar-refractivity contribution in [1.29, 1.82) is 0 Å². The van der Waals surface area contributed by atoms with Crippen LogP contribution in [0, 0.1) is 0 Å². The molecule has 124 valence electrons. The second kappa shape index (κ2) is 7.89. The Kier molecular flexibility index (Phi) is 5.90. The van der Waals surface area contributed by atoms with E-state index < -0.39 is 17.7 Å². The van der Waals surface area contributed by atoms with Crippen LogP contribution in [0.1, 0.15) is 18.5 Å². The molecule has 6 heteroatoms. The van der Waals surface area contributed by atoms with Crippen LogP contribution in [0.15, 0.2) is 41.6 Å². The molecule has 1 aliphatic heterocycles. The minimum atomic E-state index is -0.518. The number of carbonyl (C=O) groups is 2. The molecular weight excluding hydrogens is 296 g/mol. The topological polar surface area (TPSA) is 78.9 Å². The maximum absolute atomic E-state index is 12.5. The third-order valence-electron chi connectivity index (χ3n) is 3.84. The van der Waals surface area contributed by atoms with E-state index in [-0.39, 0.29) is 6.61 Å². The molecule has 0 spiro atoms. The van der Waals surface area contributed by atoms with Crippen LogP contribution >= 0.6 is 0 Å². The Balaban J connectivity index is 2.45. The van der Waals surface area contributed by atoms with Crippen LogP contribution in [0.2, 0.25) is 0 Å². The van der Waals surface area contributed by atoms with Crippen molar-refractivity contribution in [2.45, 2.75) is 13.0 Å². The summed E-state index contributed by atoms with van der Waals surface area (Å²) in [5, 5.41) is 12.0. The summed E-state index contributed by atoms with van der Waals surface area (Å²) in [6.45, 7) is 2.74. The Morgan fingerprint density at radius 2 is 2.00 bits per heavy atom. The van der Waals surface area contributed by atoms with Gasteiger partial charge in [0.1, 0.15) is 0 Å². The third kappa shape index (κ3) is 3.60. The van der Waals surface area contributed by atoms with Crippen LogP contribution in [-0.2, 0) is 14.3 Å². The van der Waals surface area contributed by atoms with Crippen molar-refractivity contribution < 1.29 is 19.4 Å². The zero-order valence-electron chi connectivity index (χ0n) is 13.4. The number of carbonyl (C=O) groups excluding carboxylic acids is 2. The second-order valence-electron chi connectivity index (χ2n) is 5.32. The predicted molar refractivity (Wildman–Crippen MR) is 85.6 cm³/mol. The SMILES string of the molecule is COCCN1C(=O)C(=O)/C(=C(/C)NCCO)[C@@H]1c1ccccc1. The smallest absolute Gasteiger partial charge is 0.295 e. The number of nitrogens with one attached hydrogen (secondary N) is 1. The largest absolute Gasteiger partial charge is 0.395 e. The van der Waals surface area contributed by atoms with E-state index in [0.717, 1.165) is 5.56 Å². The van der Waals surface area contributed by atoms with Crippen LogP contribution in [0.4, 0.5) is 0 Å². The van der Waals surface area contributed by atoms with Gasteiger partial charge in [0.15, 0.2) is 0 Å². The highest BCUT2D eigenvalue weighted by molar-refractivity contribution is 6.45. The van der Waals surface area contributed by atoms with Crippen molar-refractivity contribution in [3.63, 3.8) is 0 Å². The first-order chi connectivity index (χ1) is 11.1. The molecule has 1 fully saturated rings. The number of ketones is 1. The number of nitrogens with zero attached hydrogens (tertiary/aromatic N) is 1. The average Bonchev–Trinajstić information content (AvgIpc) is 2.83. The summed E-state index contributed by atoms with van der Waals surface area (Å²) in [4.78, 5) is 26.4. The fraction of sp³-hybridized carbons (Fsp3) is 0.412. The van der Waals surface area contributed by atoms with E-state index in [0.29, 0.717) is 31.0 Å². The molecule has 1 saturated heterocycles. The van der Waals surface area contributed by atoms with Crippen LogP contribution < -0.4 is 5.32 Å². The fourth-order valence-electron chi connectivity index (χ4n) is 2.76. The number of aliphatic hydroxyl groups excluding tert-OH is 1. The fourth-order valence-corrected chi connectivity index (χ4v) is 2.76. The lowest BCUT2D eigenvalue weighted by atomic mass is 9.97. The van der Waals surface area contributed by atoms with Gasteiger partial charge in [-0.25, -0.2) is 0 Å². The molecule has 6 nitrogen and oxygen atoms in total. The first-order valence-electron chi connectivity index (χ1n) is 7.56. The Labute approximate surface area is 135 Å². The number of aliphatic hydroxyl groups is 1. The lowest BCUT2D eigenvalue weighted by Crippen LogP contribution is -2.32. The molecule has 1 heterocycles. The van der Waals surface area contributed by atoms with Crippen molar-refractivity contribution >= 4 is 11.7 Å². The van der Waals surface area contributed by atoms with E-state index in [9.17, 15) is 9.59 Å². The van der Waals surface area contributed by atoms with Gasteiger partial charge in [-0.15, -0.1) is 0 Å². The van der Waals surface area contributed by atoms with Gasteiger partial charge >= 0.3 is 0 Å². The lowest BCUT2D eigenvalue weighted by molar-refractivity contribution is -0.140. The van der Waals surface area contributed by atoms with Gasteiger partial charge in [-0.3, -0.25) is 9.59 Å². The monoisotopic (exact) mass is 318 g/mol. The quantitative estimate of drug-likeness (QED) is 0.570. The summed E-state index contributed by atoms with van der Waals surface area (Å²) < 4.78 is 5.06. The number of hydrogen-bond donors (Lipinski definition) is 2. The van der Waals surface area contributed by atoms with Crippen molar-refractivity contribution in [1.82, 2.24) is 10.2 Å². The van der Waals surface area contributed by atoms with Gasteiger partial charge in [0.25, 0.3) is 11.7 Å². The summed E-state index contributed by atoms with van der Waals surface area (Å²) in [6, 6.07) is 9.02. The maximum Gasteiger partial charge on any atom is 0.295 e. The molecule has 1 atom stereocenters. The average molecular weight is 318 g/mol. The molecule has 1 amide bonds. The predicted octanol–water partition coefficient (Wildman–Crippen LogP) is 0.641. The molecule has 2 N–H and O–H groups in total. The number of benzene rings is 1. The van der Waals surface area contributed by atoms with Crippen molar-refractivity contribution in [2.75, 3.05) is 33.4 Å². The van der Waals surface area contributed by atoms with Gasteiger partial charge in [-0.05, 0) is 12.5 Å². The van der Waals surface area contributed by atoms with Crippen LogP contribution in [0.25, 0.3) is 0 Å². The maximum atomic E-state index is 12.5. The zero-order chi connectivity index (χ0) is 16.8. The van der Waals surface area contributed by atoms with E-state index >= 15 is 0 Å². The first kappa shape index (κ1) is 17.2. The highest BCUT2D eigenvalue weighted by Crippen LogP contribution is 2.36. The summed E-state index contributed by atoms with van der Waals surface area (Å²) >= 11 is 0. The Morgan fingerprint density at radius 3 is 2.61 bits per heavy atom. The van der Waals surface area contributed by atoms with Gasteiger partial charge in [0.05, 0.1) is 24.8 Å². The number of likely N-dealkylation sites (tertiary alicyclic amines) is 1. The Morgan fingerprint density at radius 1 is 1.30 bits per heavy atom. The molecule has 1 aromatic rings. The van der Waals surface area contributed by atoms with Gasteiger partial charge in [-0.2, -0.15) is 0 Å². The van der Waals surface area contributed by atoms with Crippen molar-refractivity contribution in [3.05, 3.63) is 47.2 Å². The van der Waals surface area contributed by atoms with E-state index in [4.69, 9.17) is 9.84 Å². The molecule has 0 radical (unpaired) electrons. The molecule has 23 heavy (non-hydrogen) atoms. The molecule has 0 aliphatic carbocycles. The summed E-state index contributed by atoms with van der Waals surface area (Å²) in [6.07, 6.45) is 0. The van der Waals surface area contributed by atoms with Gasteiger partial charge in [-0.1, -0.05) is 30.3 Å². The molecule has 0 saturated carbocycles. The standard InChI is InChI=1S/C17H22N2O4/c1-12(18-8-10-20)14-15(13-6-4-3-5-7-13)19(9-11-23-2)17(22)16(14)21/h3-7,15,18,20H,8-11H2,1-2H3/b14-12-/t15-/m0/s1. The molecular formula is C17H22N2O4. The van der Waals surface area contributed by atoms with Gasteiger partial charge in [0.2, 0.25) is 0 Å². The molecule has 1 aliphatic rings. The third-order valence-corrected chi connectivity index (χ3v) is 3.84. The Hall–Kier alpha value is -2.18. The summed E-state index contributed by atoms with van der Waals surface area (Å²) in [5.74, 6) is -1.02. The summed E-state index contributed by atoms with van der Waals surface area (Å²) in [5.41, 5.74) is 1.93. The highest BCUT2D eigenvalue weighted by atomic mass is 16.5. The number of ether oxygens (including phenoxy) is 1. The number of amides is 1. The molecule has 0 aromatic heterocycles. The Bertz CT molecular complexity index is 598. The van der Waals surface area contributed by atoms with Gasteiger partial charge < -0.3 is 20.1 Å². The number of hydrogen-bond acceptors (Lipinski definition) is 5. The lowest BCUT2D eigenvalue weighted by Gasteiger charge is -2.25. The van der Waals surface area contributed by atoms with Crippen LogP contribution in [-0.4, -0.2) is 55.1 Å². The molecule has 1 aromatic carbocycles. The van der Waals surface area contributed by atoms with E-state index in [1.165, 1.54) is 0 Å². The minimum Gasteiger partial charge on any atom is -0.395 e. The van der Waals surface area contributed by atoms with E-state index in [1.54, 1.807) is 18.9 Å². The van der Waals surface area contributed by atoms with Gasteiger partial charge in [0, 0.05) is 25.9 Å². The number of Topliss-reactive ketones (excluding diaryl/α,β-unsaturated/α-hetero) is 1. The normalized spacial score (nSPS) is 20.1. The molecule has 0 bridgehead atoms. The van der Waals surface area contributed by atoms with E-state index in [1.807, 2.05) is 30.3 Å². The van der Waals surface area contributed by atoms with Crippen LogP contribution in [0.3, 0.4) is 0 Å². The summed E-state index contributed by atoms with van der Waals surface area (Å²) in [7, 11) is 1.56. The first-order valence-corrected chi connectivity index (χ1v) is 7.56. The van der Waals surface area contributed by atoms with Crippen molar-refractivity contribution in [3.8, 4) is 0 Å². The molecule has 0 unspecified atom stereocenters.